The summed E-state index contributed by atoms with van der Waals surface area (Å²) in [5, 5.41) is 9.92. The Balaban J connectivity index is 2.47. The molecule has 0 atom stereocenters. The van der Waals surface area contributed by atoms with Gasteiger partial charge in [0.2, 0.25) is 0 Å². The van der Waals surface area contributed by atoms with Crippen molar-refractivity contribution < 1.29 is 9.76 Å². The Bertz CT molecular complexity index is 313. The number of aliphatic imine (C=N–C) groups is 1. The highest BCUT2D eigenvalue weighted by molar-refractivity contribution is 6.38. The predicted octanol–water partition coefficient (Wildman–Crippen LogP) is 1.92. The zero-order valence-electron chi connectivity index (χ0n) is 10.9. The summed E-state index contributed by atoms with van der Waals surface area (Å²) < 4.78 is 5.66. The van der Waals surface area contributed by atoms with E-state index in [1.807, 2.05) is 20.8 Å². The third-order valence-electron chi connectivity index (χ3n) is 3.17. The van der Waals surface area contributed by atoms with Crippen LogP contribution in [0.2, 0.25) is 0 Å². The van der Waals surface area contributed by atoms with Gasteiger partial charge in [0.15, 0.2) is 0 Å². The molecule has 1 heterocycles. The van der Waals surface area contributed by atoms with Crippen molar-refractivity contribution in [3.05, 3.63) is 11.5 Å². The second-order valence-corrected chi connectivity index (χ2v) is 5.34. The summed E-state index contributed by atoms with van der Waals surface area (Å²) in [4.78, 5) is 4.35. The molecule has 1 rings (SSSR count). The van der Waals surface area contributed by atoms with Crippen molar-refractivity contribution in [2.75, 3.05) is 6.54 Å². The van der Waals surface area contributed by atoms with Gasteiger partial charge in [0.1, 0.15) is 0 Å². The Hall–Kier alpha value is -0.605. The van der Waals surface area contributed by atoms with Gasteiger partial charge in [-0.3, -0.25) is 4.99 Å². The van der Waals surface area contributed by atoms with Crippen LogP contribution < -0.4 is 0 Å². The maximum Gasteiger partial charge on any atom is 0.328 e. The fraction of sp³-hybridized carbons (Fsp3) is 0.750. The van der Waals surface area contributed by atoms with Crippen molar-refractivity contribution in [2.45, 2.75) is 52.2 Å². The molecule has 0 aromatic heterocycles. The lowest BCUT2D eigenvalue weighted by Crippen LogP contribution is -2.48. The van der Waals surface area contributed by atoms with E-state index in [0.717, 1.165) is 17.6 Å². The molecule has 1 aliphatic rings. The molecule has 0 saturated heterocycles. The van der Waals surface area contributed by atoms with E-state index in [-0.39, 0.29) is 0 Å². The fourth-order valence-corrected chi connectivity index (χ4v) is 1.09. The minimum absolute atomic E-state index is 0.607. The van der Waals surface area contributed by atoms with Crippen molar-refractivity contribution >= 4 is 13.2 Å². The van der Waals surface area contributed by atoms with Crippen LogP contribution in [0.4, 0.5) is 0 Å². The topological polar surface area (TPSA) is 41.8 Å². The van der Waals surface area contributed by atoms with Gasteiger partial charge in [-0.1, -0.05) is 11.5 Å². The van der Waals surface area contributed by atoms with E-state index in [2.05, 4.69) is 11.1 Å². The lowest BCUT2D eigenvalue weighted by atomic mass is 9.81. The molecule has 4 heteroatoms. The summed E-state index contributed by atoms with van der Waals surface area (Å²) in [5.41, 5.74) is 0.740. The summed E-state index contributed by atoms with van der Waals surface area (Å²) >= 11 is 0. The fourth-order valence-electron chi connectivity index (χ4n) is 1.09. The molecule has 0 fully saturated rings. The Kier molecular flexibility index (Phi) is 3.97. The van der Waals surface area contributed by atoms with Gasteiger partial charge in [0.05, 0.1) is 17.7 Å². The molecule has 1 aliphatic heterocycles. The number of hydrogen-bond acceptors (Lipinski definition) is 3. The molecule has 0 amide bonds. The summed E-state index contributed by atoms with van der Waals surface area (Å²) in [6, 6.07) is 0. The van der Waals surface area contributed by atoms with Crippen molar-refractivity contribution in [3.63, 3.8) is 0 Å². The third-order valence-corrected chi connectivity index (χ3v) is 3.17. The summed E-state index contributed by atoms with van der Waals surface area (Å²) in [7, 11) is 1.72. The van der Waals surface area contributed by atoms with Crippen molar-refractivity contribution in [3.8, 4) is 0 Å². The van der Waals surface area contributed by atoms with E-state index in [1.165, 1.54) is 0 Å². The van der Waals surface area contributed by atoms with Gasteiger partial charge in [-0.25, -0.2) is 0 Å². The molecule has 3 nitrogen and oxygen atoms in total. The van der Waals surface area contributed by atoms with E-state index >= 15 is 0 Å². The van der Waals surface area contributed by atoms with E-state index in [1.54, 1.807) is 21.3 Å². The first kappa shape index (κ1) is 13.5. The van der Waals surface area contributed by atoms with E-state index in [4.69, 9.17) is 4.65 Å². The molecule has 0 spiro atoms. The van der Waals surface area contributed by atoms with Gasteiger partial charge in [-0.2, -0.15) is 0 Å². The maximum atomic E-state index is 9.92. The van der Waals surface area contributed by atoms with Gasteiger partial charge < -0.3 is 9.76 Å². The molecule has 0 aromatic rings. The first-order valence-corrected chi connectivity index (χ1v) is 5.65. The highest BCUT2D eigenvalue weighted by atomic mass is 16.5. The van der Waals surface area contributed by atoms with Crippen LogP contribution in [0.25, 0.3) is 0 Å². The molecule has 0 unspecified atom stereocenters. The molecular formula is C12H21BNO2. The molecule has 0 aromatic carbocycles. The maximum absolute atomic E-state index is 9.92. The van der Waals surface area contributed by atoms with E-state index in [0.29, 0.717) is 6.54 Å². The Morgan fingerprint density at radius 2 is 2.00 bits per heavy atom. The summed E-state index contributed by atoms with van der Waals surface area (Å²) in [5.74, 6) is 0. The number of nitrogens with zero attached hydrogens (tertiary/aromatic N) is 1. The van der Waals surface area contributed by atoms with Gasteiger partial charge in [-0.15, -0.1) is 0 Å². The number of dihydropyridines is 1. The van der Waals surface area contributed by atoms with Gasteiger partial charge in [0, 0.05) is 12.1 Å². The van der Waals surface area contributed by atoms with Crippen molar-refractivity contribution in [1.82, 2.24) is 0 Å². The predicted molar refractivity (Wildman–Crippen MR) is 67.9 cm³/mol. The molecule has 0 saturated carbocycles. The van der Waals surface area contributed by atoms with Crippen LogP contribution in [0.1, 0.15) is 41.0 Å². The Morgan fingerprint density at radius 1 is 1.38 bits per heavy atom. The molecular weight excluding hydrogens is 201 g/mol. The normalized spacial score (nSPS) is 17.9. The minimum atomic E-state index is -0.877. The summed E-state index contributed by atoms with van der Waals surface area (Å²) in [6.45, 7) is 9.95. The highest BCUT2D eigenvalue weighted by Gasteiger charge is 2.35. The second kappa shape index (κ2) is 4.72. The van der Waals surface area contributed by atoms with Crippen LogP contribution in [0.15, 0.2) is 16.5 Å². The highest BCUT2D eigenvalue weighted by Crippen LogP contribution is 2.25. The zero-order chi connectivity index (χ0) is 12.4. The quantitative estimate of drug-likeness (QED) is 0.738. The van der Waals surface area contributed by atoms with Crippen LogP contribution in [0, 0.1) is 0 Å². The standard InChI is InChI=1S/C12H21BNO2/c1-9-6-7-10(8-14-9)13-16-12(4,5)11(2,3)15/h7,15H,6,8H2,1-5H3. The van der Waals surface area contributed by atoms with Crippen LogP contribution >= 0.6 is 0 Å². The lowest BCUT2D eigenvalue weighted by molar-refractivity contribution is -0.0897. The molecule has 16 heavy (non-hydrogen) atoms. The molecule has 1 N–H and O–H groups in total. The third kappa shape index (κ3) is 3.46. The average molecular weight is 222 g/mol. The van der Waals surface area contributed by atoms with Gasteiger partial charge in [-0.05, 0) is 34.6 Å². The average Bonchev–Trinajstić information content (AvgIpc) is 2.15. The summed E-state index contributed by atoms with van der Waals surface area (Å²) in [6.07, 6.45) is 3.00. The van der Waals surface area contributed by atoms with E-state index < -0.39 is 11.2 Å². The molecule has 89 valence electrons. The Morgan fingerprint density at radius 3 is 2.44 bits per heavy atom. The second-order valence-electron chi connectivity index (χ2n) is 5.34. The SMILES string of the molecule is CC1=NCC([B]OC(C)(C)C(C)(C)O)=CC1. The van der Waals surface area contributed by atoms with Crippen LogP contribution in [-0.4, -0.2) is 36.0 Å². The molecule has 1 radical (unpaired) electrons. The Labute approximate surface area is 98.9 Å². The number of rotatable bonds is 4. The van der Waals surface area contributed by atoms with Crippen molar-refractivity contribution in [2.24, 2.45) is 4.99 Å². The van der Waals surface area contributed by atoms with Crippen LogP contribution in [0.3, 0.4) is 0 Å². The smallest absolute Gasteiger partial charge is 0.328 e. The number of hydrogen-bond donors (Lipinski definition) is 1. The minimum Gasteiger partial charge on any atom is -0.427 e. The molecule has 0 bridgehead atoms. The number of aliphatic hydroxyl groups is 1. The largest absolute Gasteiger partial charge is 0.427 e. The molecule has 0 aliphatic carbocycles. The van der Waals surface area contributed by atoms with Crippen LogP contribution in [-0.2, 0) is 4.65 Å². The van der Waals surface area contributed by atoms with Gasteiger partial charge >= 0.3 is 7.48 Å². The monoisotopic (exact) mass is 222 g/mol. The van der Waals surface area contributed by atoms with Crippen LogP contribution in [0.5, 0.6) is 0 Å². The van der Waals surface area contributed by atoms with Crippen molar-refractivity contribution in [1.29, 1.82) is 0 Å². The first-order valence-electron chi connectivity index (χ1n) is 5.65. The van der Waals surface area contributed by atoms with E-state index in [9.17, 15) is 5.11 Å². The zero-order valence-corrected chi connectivity index (χ0v) is 10.9. The first-order chi connectivity index (χ1) is 7.22. The van der Waals surface area contributed by atoms with Gasteiger partial charge in [0.25, 0.3) is 0 Å². The number of allylic oxidation sites excluding steroid dienone is 1. The lowest BCUT2D eigenvalue weighted by Gasteiger charge is -2.37.